The molecule has 0 amide bonds. The van der Waals surface area contributed by atoms with Crippen molar-refractivity contribution in [1.82, 2.24) is 14.9 Å². The highest BCUT2D eigenvalue weighted by Gasteiger charge is 2.18. The van der Waals surface area contributed by atoms with Gasteiger partial charge >= 0.3 is 5.97 Å². The molecule has 1 aromatic heterocycles. The van der Waals surface area contributed by atoms with Gasteiger partial charge in [0.15, 0.2) is 0 Å². The number of hydrogen-bond acceptors (Lipinski definition) is 5. The summed E-state index contributed by atoms with van der Waals surface area (Å²) in [6.45, 7) is 6.12. The second-order valence-corrected chi connectivity index (χ2v) is 4.49. The SMILES string of the molecule is Cc1cc(N2CCN(CCC(=O)O)CC2)ncn1. The van der Waals surface area contributed by atoms with Crippen LogP contribution in [0.4, 0.5) is 5.82 Å². The van der Waals surface area contributed by atoms with Crippen molar-refractivity contribution in [2.45, 2.75) is 13.3 Å². The van der Waals surface area contributed by atoms with Gasteiger partial charge in [-0.3, -0.25) is 9.69 Å². The third-order valence-electron chi connectivity index (χ3n) is 3.13. The molecule has 1 aliphatic rings. The van der Waals surface area contributed by atoms with Crippen LogP contribution in [-0.2, 0) is 4.79 Å². The Balaban J connectivity index is 1.85. The van der Waals surface area contributed by atoms with Crippen LogP contribution in [0, 0.1) is 6.92 Å². The molecule has 6 nitrogen and oxygen atoms in total. The number of aromatic nitrogens is 2. The molecule has 18 heavy (non-hydrogen) atoms. The van der Waals surface area contributed by atoms with E-state index in [1.807, 2.05) is 13.0 Å². The maximum Gasteiger partial charge on any atom is 0.304 e. The van der Waals surface area contributed by atoms with E-state index in [2.05, 4.69) is 19.8 Å². The Morgan fingerprint density at radius 1 is 1.33 bits per heavy atom. The molecular formula is C12H18N4O2. The highest BCUT2D eigenvalue weighted by atomic mass is 16.4. The van der Waals surface area contributed by atoms with Crippen molar-refractivity contribution < 1.29 is 9.90 Å². The second-order valence-electron chi connectivity index (χ2n) is 4.49. The van der Waals surface area contributed by atoms with Crippen molar-refractivity contribution in [3.63, 3.8) is 0 Å². The van der Waals surface area contributed by atoms with Gasteiger partial charge in [0, 0.05) is 44.5 Å². The van der Waals surface area contributed by atoms with Gasteiger partial charge in [-0.15, -0.1) is 0 Å². The van der Waals surface area contributed by atoms with Crippen LogP contribution in [0.3, 0.4) is 0 Å². The number of nitrogens with zero attached hydrogens (tertiary/aromatic N) is 4. The third kappa shape index (κ3) is 3.40. The second kappa shape index (κ2) is 5.77. The lowest BCUT2D eigenvalue weighted by Gasteiger charge is -2.35. The van der Waals surface area contributed by atoms with E-state index in [1.165, 1.54) is 0 Å². The molecule has 1 N–H and O–H groups in total. The first-order valence-electron chi connectivity index (χ1n) is 6.13. The molecule has 0 atom stereocenters. The average Bonchev–Trinajstić information content (AvgIpc) is 2.37. The zero-order chi connectivity index (χ0) is 13.0. The Hall–Kier alpha value is -1.69. The van der Waals surface area contributed by atoms with Crippen LogP contribution in [0.2, 0.25) is 0 Å². The summed E-state index contributed by atoms with van der Waals surface area (Å²) in [6.07, 6.45) is 1.80. The zero-order valence-electron chi connectivity index (χ0n) is 10.5. The Morgan fingerprint density at radius 2 is 2.06 bits per heavy atom. The summed E-state index contributed by atoms with van der Waals surface area (Å²) in [6, 6.07) is 1.98. The van der Waals surface area contributed by atoms with E-state index < -0.39 is 5.97 Å². The predicted octanol–water partition coefficient (Wildman–Crippen LogP) is 0.382. The molecule has 0 aromatic carbocycles. The number of aliphatic carboxylic acids is 1. The predicted molar refractivity (Wildman–Crippen MR) is 67.7 cm³/mol. The fraction of sp³-hybridized carbons (Fsp3) is 0.583. The number of hydrogen-bond donors (Lipinski definition) is 1. The molecule has 6 heteroatoms. The summed E-state index contributed by atoms with van der Waals surface area (Å²) in [4.78, 5) is 23.3. The molecule has 1 aliphatic heterocycles. The normalized spacial score (nSPS) is 16.8. The number of anilines is 1. The Morgan fingerprint density at radius 3 is 2.67 bits per heavy atom. The van der Waals surface area contributed by atoms with E-state index in [0.29, 0.717) is 6.54 Å². The molecule has 1 fully saturated rings. The number of carbonyl (C=O) groups is 1. The van der Waals surface area contributed by atoms with Gasteiger partial charge in [-0.25, -0.2) is 9.97 Å². The Bertz CT molecular complexity index is 416. The lowest BCUT2D eigenvalue weighted by Crippen LogP contribution is -2.47. The summed E-state index contributed by atoms with van der Waals surface area (Å²) in [5.41, 5.74) is 0.966. The van der Waals surface area contributed by atoms with E-state index in [0.717, 1.165) is 37.7 Å². The molecule has 0 unspecified atom stereocenters. The fourth-order valence-corrected chi connectivity index (χ4v) is 2.07. The van der Waals surface area contributed by atoms with Gasteiger partial charge in [0.05, 0.1) is 6.42 Å². The van der Waals surface area contributed by atoms with E-state index in [4.69, 9.17) is 5.11 Å². The number of rotatable bonds is 4. The van der Waals surface area contributed by atoms with Gasteiger partial charge in [-0.05, 0) is 6.92 Å². The lowest BCUT2D eigenvalue weighted by molar-refractivity contribution is -0.137. The third-order valence-corrected chi connectivity index (χ3v) is 3.13. The van der Waals surface area contributed by atoms with Crippen LogP contribution in [0.15, 0.2) is 12.4 Å². The Labute approximate surface area is 106 Å². The van der Waals surface area contributed by atoms with Crippen LogP contribution in [0.25, 0.3) is 0 Å². The minimum absolute atomic E-state index is 0.215. The van der Waals surface area contributed by atoms with Crippen molar-refractivity contribution in [1.29, 1.82) is 0 Å². The highest BCUT2D eigenvalue weighted by Crippen LogP contribution is 2.13. The smallest absolute Gasteiger partial charge is 0.304 e. The van der Waals surface area contributed by atoms with Crippen LogP contribution < -0.4 is 4.90 Å². The Kier molecular flexibility index (Phi) is 4.09. The molecule has 2 rings (SSSR count). The van der Waals surface area contributed by atoms with Crippen molar-refractivity contribution in [2.75, 3.05) is 37.6 Å². The van der Waals surface area contributed by atoms with Crippen LogP contribution in [-0.4, -0.2) is 58.7 Å². The topological polar surface area (TPSA) is 69.6 Å². The minimum Gasteiger partial charge on any atom is -0.481 e. The molecule has 1 saturated heterocycles. The molecule has 0 saturated carbocycles. The van der Waals surface area contributed by atoms with Crippen molar-refractivity contribution >= 4 is 11.8 Å². The van der Waals surface area contributed by atoms with Gasteiger partial charge in [-0.2, -0.15) is 0 Å². The molecule has 2 heterocycles. The van der Waals surface area contributed by atoms with Gasteiger partial charge < -0.3 is 10.0 Å². The molecule has 1 aromatic rings. The molecule has 0 radical (unpaired) electrons. The van der Waals surface area contributed by atoms with E-state index in [-0.39, 0.29) is 6.42 Å². The summed E-state index contributed by atoms with van der Waals surface area (Å²) < 4.78 is 0. The van der Waals surface area contributed by atoms with Crippen LogP contribution in [0.1, 0.15) is 12.1 Å². The van der Waals surface area contributed by atoms with E-state index in [1.54, 1.807) is 6.33 Å². The first-order valence-corrected chi connectivity index (χ1v) is 6.13. The monoisotopic (exact) mass is 250 g/mol. The molecular weight excluding hydrogens is 232 g/mol. The number of carboxylic acid groups (broad SMARTS) is 1. The first kappa shape index (κ1) is 12.8. The van der Waals surface area contributed by atoms with Crippen LogP contribution in [0.5, 0.6) is 0 Å². The maximum absolute atomic E-state index is 10.5. The average molecular weight is 250 g/mol. The standard InChI is InChI=1S/C12H18N4O2/c1-10-8-11(14-9-13-10)16-6-4-15(5-7-16)3-2-12(17)18/h8-9H,2-7H2,1H3,(H,17,18). The van der Waals surface area contributed by atoms with Gasteiger partial charge in [-0.1, -0.05) is 0 Å². The van der Waals surface area contributed by atoms with Crippen molar-refractivity contribution in [2.24, 2.45) is 0 Å². The van der Waals surface area contributed by atoms with Crippen LogP contribution >= 0.6 is 0 Å². The molecule has 0 bridgehead atoms. The number of piperazine rings is 1. The van der Waals surface area contributed by atoms with Crippen molar-refractivity contribution in [3.05, 3.63) is 18.1 Å². The molecule has 0 spiro atoms. The summed E-state index contributed by atoms with van der Waals surface area (Å²) >= 11 is 0. The highest BCUT2D eigenvalue weighted by molar-refractivity contribution is 5.66. The van der Waals surface area contributed by atoms with Crippen molar-refractivity contribution in [3.8, 4) is 0 Å². The van der Waals surface area contributed by atoms with Gasteiger partial charge in [0.1, 0.15) is 12.1 Å². The summed E-state index contributed by atoms with van der Waals surface area (Å²) in [5, 5.41) is 8.65. The zero-order valence-corrected chi connectivity index (χ0v) is 10.5. The maximum atomic E-state index is 10.5. The first-order chi connectivity index (χ1) is 8.65. The molecule has 98 valence electrons. The largest absolute Gasteiger partial charge is 0.481 e. The number of aryl methyl sites for hydroxylation is 1. The summed E-state index contributed by atoms with van der Waals surface area (Å²) in [7, 11) is 0. The van der Waals surface area contributed by atoms with Gasteiger partial charge in [0.2, 0.25) is 0 Å². The fourth-order valence-electron chi connectivity index (χ4n) is 2.07. The lowest BCUT2D eigenvalue weighted by atomic mass is 10.3. The minimum atomic E-state index is -0.733. The van der Waals surface area contributed by atoms with E-state index >= 15 is 0 Å². The molecule has 0 aliphatic carbocycles. The quantitative estimate of drug-likeness (QED) is 0.833. The summed E-state index contributed by atoms with van der Waals surface area (Å²) in [5.74, 6) is 0.226. The van der Waals surface area contributed by atoms with Gasteiger partial charge in [0.25, 0.3) is 0 Å². The van der Waals surface area contributed by atoms with E-state index in [9.17, 15) is 4.79 Å². The number of carboxylic acids is 1.